The molecule has 26 heavy (non-hydrogen) atoms. The van der Waals surface area contributed by atoms with Gasteiger partial charge in [-0.2, -0.15) is 0 Å². The molecule has 7 heteroatoms. The molecule has 3 rings (SSSR count). The first-order valence-electron chi connectivity index (χ1n) is 9.41. The molecule has 5 nitrogen and oxygen atoms in total. The van der Waals surface area contributed by atoms with Crippen LogP contribution in [0.1, 0.15) is 55.8 Å². The van der Waals surface area contributed by atoms with Crippen molar-refractivity contribution in [2.75, 3.05) is 31.1 Å². The fraction of sp³-hybridized carbons (Fsp3) is 0.684. The van der Waals surface area contributed by atoms with E-state index in [1.165, 1.54) is 25.7 Å². The molecule has 0 bridgehead atoms. The lowest BCUT2D eigenvalue weighted by atomic mass is 9.92. The van der Waals surface area contributed by atoms with Gasteiger partial charge in [0.25, 0.3) is 5.91 Å². The molecular formula is C19H32Cl2N4O. The van der Waals surface area contributed by atoms with Crippen molar-refractivity contribution in [3.05, 3.63) is 23.9 Å². The summed E-state index contributed by atoms with van der Waals surface area (Å²) in [5.74, 6) is 1.72. The van der Waals surface area contributed by atoms with Gasteiger partial charge in [0.05, 0.1) is 5.56 Å². The molecule has 1 amide bonds. The molecule has 2 saturated heterocycles. The third-order valence-electron chi connectivity index (χ3n) is 5.44. The predicted octanol–water partition coefficient (Wildman–Crippen LogP) is 3.51. The smallest absolute Gasteiger partial charge is 0.255 e. The molecule has 3 heterocycles. The number of nitrogens with zero attached hydrogens (tertiary/aromatic N) is 3. The van der Waals surface area contributed by atoms with Gasteiger partial charge in [0.15, 0.2) is 0 Å². The zero-order chi connectivity index (χ0) is 16.9. The first-order valence-corrected chi connectivity index (χ1v) is 9.41. The average molecular weight is 403 g/mol. The number of hydrogen-bond donors (Lipinski definition) is 1. The van der Waals surface area contributed by atoms with Crippen molar-refractivity contribution in [2.45, 2.75) is 51.5 Å². The Bertz CT molecular complexity index is 547. The summed E-state index contributed by atoms with van der Waals surface area (Å²) in [6.45, 7) is 5.71. The summed E-state index contributed by atoms with van der Waals surface area (Å²) in [6, 6.07) is 4.09. The number of hydrogen-bond acceptors (Lipinski definition) is 4. The number of carbonyl (C=O) groups is 1. The predicted molar refractivity (Wildman–Crippen MR) is 112 cm³/mol. The fourth-order valence-corrected chi connectivity index (χ4v) is 3.91. The van der Waals surface area contributed by atoms with E-state index in [4.69, 9.17) is 5.73 Å². The quantitative estimate of drug-likeness (QED) is 0.839. The number of amides is 1. The van der Waals surface area contributed by atoms with E-state index < -0.39 is 0 Å². The number of carbonyl (C=O) groups excluding carboxylic acids is 1. The molecule has 2 aliphatic heterocycles. The van der Waals surface area contributed by atoms with Gasteiger partial charge in [-0.05, 0) is 43.7 Å². The Hall–Kier alpha value is -1.04. The van der Waals surface area contributed by atoms with E-state index in [0.29, 0.717) is 18.0 Å². The van der Waals surface area contributed by atoms with Gasteiger partial charge in [-0.1, -0.05) is 19.8 Å². The topological polar surface area (TPSA) is 62.5 Å². The largest absolute Gasteiger partial charge is 0.357 e. The monoisotopic (exact) mass is 402 g/mol. The standard InChI is InChI=1S/C19H30N4O.2ClH/c1-15-8-11-23(17(12-15)13-20)19(24)16-6-7-18(21-14-16)22-9-4-2-3-5-10-22;;/h6-7,14-15,17H,2-5,8-13,20H2,1H3;2*1H. The summed E-state index contributed by atoms with van der Waals surface area (Å²) in [5.41, 5.74) is 6.57. The third-order valence-corrected chi connectivity index (χ3v) is 5.44. The minimum atomic E-state index is 0. The normalized spacial score (nSPS) is 23.5. The number of piperidine rings is 1. The molecule has 2 fully saturated rings. The summed E-state index contributed by atoms with van der Waals surface area (Å²) >= 11 is 0. The van der Waals surface area contributed by atoms with Crippen molar-refractivity contribution in [3.63, 3.8) is 0 Å². The van der Waals surface area contributed by atoms with Crippen molar-refractivity contribution < 1.29 is 4.79 Å². The molecule has 0 aliphatic carbocycles. The van der Waals surface area contributed by atoms with Gasteiger partial charge in [0, 0.05) is 38.4 Å². The molecule has 0 saturated carbocycles. The van der Waals surface area contributed by atoms with Crippen LogP contribution >= 0.6 is 24.8 Å². The van der Waals surface area contributed by atoms with Gasteiger partial charge >= 0.3 is 0 Å². The number of nitrogens with two attached hydrogens (primary N) is 1. The third kappa shape index (κ3) is 5.48. The summed E-state index contributed by atoms with van der Waals surface area (Å²) in [5, 5.41) is 0. The number of anilines is 1. The highest BCUT2D eigenvalue weighted by Crippen LogP contribution is 2.24. The van der Waals surface area contributed by atoms with Crippen molar-refractivity contribution in [3.8, 4) is 0 Å². The molecule has 0 radical (unpaired) electrons. The van der Waals surface area contributed by atoms with Crippen LogP contribution in [0.25, 0.3) is 0 Å². The van der Waals surface area contributed by atoms with Crippen LogP contribution in [-0.4, -0.2) is 48.0 Å². The van der Waals surface area contributed by atoms with Crippen LogP contribution in [0.15, 0.2) is 18.3 Å². The van der Waals surface area contributed by atoms with Gasteiger partial charge in [-0.25, -0.2) is 4.98 Å². The van der Waals surface area contributed by atoms with E-state index in [0.717, 1.165) is 38.3 Å². The molecule has 2 unspecified atom stereocenters. The summed E-state index contributed by atoms with van der Waals surface area (Å²) < 4.78 is 0. The summed E-state index contributed by atoms with van der Waals surface area (Å²) in [4.78, 5) is 21.7. The highest BCUT2D eigenvalue weighted by Gasteiger charge is 2.29. The summed E-state index contributed by atoms with van der Waals surface area (Å²) in [6.07, 6.45) is 8.87. The van der Waals surface area contributed by atoms with Crippen LogP contribution in [-0.2, 0) is 0 Å². The van der Waals surface area contributed by atoms with Gasteiger partial charge in [0.2, 0.25) is 0 Å². The second-order valence-electron chi connectivity index (χ2n) is 7.32. The Morgan fingerprint density at radius 3 is 2.42 bits per heavy atom. The van der Waals surface area contributed by atoms with Crippen molar-refractivity contribution >= 4 is 36.5 Å². The van der Waals surface area contributed by atoms with E-state index in [1.807, 2.05) is 17.0 Å². The van der Waals surface area contributed by atoms with E-state index in [-0.39, 0.29) is 36.8 Å². The first-order chi connectivity index (χ1) is 11.7. The molecular weight excluding hydrogens is 371 g/mol. The lowest BCUT2D eigenvalue weighted by molar-refractivity contribution is 0.0573. The number of rotatable bonds is 3. The molecule has 0 aromatic carbocycles. The maximum absolute atomic E-state index is 12.8. The molecule has 0 spiro atoms. The van der Waals surface area contributed by atoms with Crippen LogP contribution in [0.3, 0.4) is 0 Å². The second-order valence-corrected chi connectivity index (χ2v) is 7.32. The van der Waals surface area contributed by atoms with Crippen LogP contribution in [0.4, 0.5) is 5.82 Å². The minimum Gasteiger partial charge on any atom is -0.357 e. The Kier molecular flexibility index (Phi) is 9.69. The molecule has 2 N–H and O–H groups in total. The number of pyridine rings is 1. The van der Waals surface area contributed by atoms with Crippen LogP contribution in [0, 0.1) is 5.92 Å². The van der Waals surface area contributed by atoms with Gasteiger partial charge < -0.3 is 15.5 Å². The maximum Gasteiger partial charge on any atom is 0.255 e. The number of likely N-dealkylation sites (tertiary alicyclic amines) is 1. The highest BCUT2D eigenvalue weighted by atomic mass is 35.5. The Balaban J connectivity index is 0.00000169. The van der Waals surface area contributed by atoms with E-state index >= 15 is 0 Å². The van der Waals surface area contributed by atoms with E-state index in [1.54, 1.807) is 6.20 Å². The number of halogens is 2. The van der Waals surface area contributed by atoms with Crippen molar-refractivity contribution in [2.24, 2.45) is 11.7 Å². The van der Waals surface area contributed by atoms with Gasteiger partial charge in [-0.3, -0.25) is 4.79 Å². The summed E-state index contributed by atoms with van der Waals surface area (Å²) in [7, 11) is 0. The maximum atomic E-state index is 12.8. The Morgan fingerprint density at radius 2 is 1.85 bits per heavy atom. The average Bonchev–Trinajstić information content (AvgIpc) is 2.90. The Labute approximate surface area is 169 Å². The Morgan fingerprint density at radius 1 is 1.15 bits per heavy atom. The van der Waals surface area contributed by atoms with E-state index in [9.17, 15) is 4.79 Å². The zero-order valence-electron chi connectivity index (χ0n) is 15.6. The van der Waals surface area contributed by atoms with Crippen LogP contribution < -0.4 is 10.6 Å². The minimum absolute atomic E-state index is 0. The van der Waals surface area contributed by atoms with Crippen LogP contribution in [0.5, 0.6) is 0 Å². The fourth-order valence-electron chi connectivity index (χ4n) is 3.91. The second kappa shape index (κ2) is 11.0. The highest BCUT2D eigenvalue weighted by molar-refractivity contribution is 5.94. The SMILES string of the molecule is CC1CCN(C(=O)c2ccc(N3CCCCCC3)nc2)C(CN)C1.Cl.Cl. The molecule has 1 aromatic heterocycles. The molecule has 2 atom stereocenters. The van der Waals surface area contributed by atoms with Crippen LogP contribution in [0.2, 0.25) is 0 Å². The lowest BCUT2D eigenvalue weighted by Gasteiger charge is -2.38. The molecule has 1 aromatic rings. The lowest BCUT2D eigenvalue weighted by Crippen LogP contribution is -2.49. The van der Waals surface area contributed by atoms with Crippen molar-refractivity contribution in [1.29, 1.82) is 0 Å². The number of aromatic nitrogens is 1. The first kappa shape index (κ1) is 23.0. The van der Waals surface area contributed by atoms with Gasteiger partial charge in [-0.15, -0.1) is 24.8 Å². The van der Waals surface area contributed by atoms with Crippen molar-refractivity contribution in [1.82, 2.24) is 9.88 Å². The molecule has 148 valence electrons. The molecule has 2 aliphatic rings. The van der Waals surface area contributed by atoms with E-state index in [2.05, 4.69) is 16.8 Å². The van der Waals surface area contributed by atoms with Gasteiger partial charge in [0.1, 0.15) is 5.82 Å². The zero-order valence-corrected chi connectivity index (χ0v) is 17.2.